The van der Waals surface area contributed by atoms with E-state index in [1.54, 1.807) is 9.13 Å². The largest absolute Gasteiger partial charge is 0.396 e. The number of rotatable bonds is 7. The number of benzene rings is 2. The molecule has 0 saturated carbocycles. The van der Waals surface area contributed by atoms with Crippen LogP contribution in [0.2, 0.25) is 0 Å². The van der Waals surface area contributed by atoms with Crippen molar-refractivity contribution in [3.05, 3.63) is 64.6 Å². The Balaban J connectivity index is 1.69. The van der Waals surface area contributed by atoms with E-state index in [1.807, 2.05) is 55.5 Å². The quantitative estimate of drug-likeness (QED) is 0.685. The molecular weight excluding hydrogens is 330 g/mol. The lowest BCUT2D eigenvalue weighted by Crippen LogP contribution is -2.25. The highest BCUT2D eigenvalue weighted by molar-refractivity contribution is 5.90. The molecule has 2 N–H and O–H groups in total. The predicted molar refractivity (Wildman–Crippen MR) is 102 cm³/mol. The molecule has 0 atom stereocenters. The molecule has 0 saturated heterocycles. The Labute approximate surface area is 151 Å². The van der Waals surface area contributed by atoms with Crippen LogP contribution < -0.4 is 11.0 Å². The van der Waals surface area contributed by atoms with E-state index in [9.17, 15) is 9.59 Å². The fraction of sp³-hybridized carbons (Fsp3) is 0.300. The maximum Gasteiger partial charge on any atom is 0.329 e. The zero-order valence-electron chi connectivity index (χ0n) is 14.8. The van der Waals surface area contributed by atoms with E-state index in [0.717, 1.165) is 16.6 Å². The number of nitrogens with one attached hydrogen (secondary N) is 1. The van der Waals surface area contributed by atoms with Crippen LogP contribution in [0.4, 0.5) is 5.69 Å². The van der Waals surface area contributed by atoms with Gasteiger partial charge < -0.3 is 10.4 Å². The summed E-state index contributed by atoms with van der Waals surface area (Å²) >= 11 is 0. The molecule has 6 nitrogen and oxygen atoms in total. The molecule has 0 unspecified atom stereocenters. The van der Waals surface area contributed by atoms with Gasteiger partial charge in [0.05, 0.1) is 11.0 Å². The van der Waals surface area contributed by atoms with E-state index in [0.29, 0.717) is 25.2 Å². The molecule has 0 aliphatic rings. The number of imidazole rings is 1. The summed E-state index contributed by atoms with van der Waals surface area (Å²) in [5, 5.41) is 11.8. The van der Waals surface area contributed by atoms with Crippen molar-refractivity contribution < 1.29 is 9.90 Å². The summed E-state index contributed by atoms with van der Waals surface area (Å²) in [6, 6.07) is 15.0. The molecule has 0 fully saturated rings. The molecular formula is C20H23N3O3. The lowest BCUT2D eigenvalue weighted by atomic mass is 10.1. The third-order valence-electron chi connectivity index (χ3n) is 4.44. The number of hydrogen-bond acceptors (Lipinski definition) is 3. The number of hydrogen-bond donors (Lipinski definition) is 2. The third-order valence-corrected chi connectivity index (χ3v) is 4.44. The highest BCUT2D eigenvalue weighted by Crippen LogP contribution is 2.14. The molecule has 1 amide bonds. The molecule has 3 aromatic rings. The van der Waals surface area contributed by atoms with Gasteiger partial charge in [0.15, 0.2) is 0 Å². The first kappa shape index (κ1) is 17.9. The van der Waals surface area contributed by atoms with E-state index in [4.69, 9.17) is 5.11 Å². The van der Waals surface area contributed by atoms with E-state index in [-0.39, 0.29) is 24.6 Å². The van der Waals surface area contributed by atoms with Crippen molar-refractivity contribution >= 4 is 22.6 Å². The van der Waals surface area contributed by atoms with Gasteiger partial charge in [0.2, 0.25) is 5.91 Å². The molecule has 0 aliphatic carbocycles. The summed E-state index contributed by atoms with van der Waals surface area (Å²) in [7, 11) is 0. The number of carbonyl (C=O) groups excluding carboxylic acids is 1. The number of para-hydroxylation sites is 2. The molecule has 0 aliphatic heterocycles. The van der Waals surface area contributed by atoms with E-state index >= 15 is 0 Å². The van der Waals surface area contributed by atoms with Gasteiger partial charge in [-0.25, -0.2) is 4.79 Å². The van der Waals surface area contributed by atoms with Gasteiger partial charge in [0.1, 0.15) is 0 Å². The molecule has 0 bridgehead atoms. The maximum atomic E-state index is 12.6. The van der Waals surface area contributed by atoms with Gasteiger partial charge in [0.25, 0.3) is 0 Å². The van der Waals surface area contributed by atoms with Crippen LogP contribution in [0.3, 0.4) is 0 Å². The average molecular weight is 353 g/mol. The first-order valence-corrected chi connectivity index (χ1v) is 8.81. The van der Waals surface area contributed by atoms with Crippen LogP contribution in [0.15, 0.2) is 53.3 Å². The SMILES string of the molecule is CCn1c(=O)n(CCC(=O)Nc2ccc(CCO)cc2)c2ccccc21. The Kier molecular flexibility index (Phi) is 5.53. The number of aryl methyl sites for hydroxylation is 2. The van der Waals surface area contributed by atoms with Crippen molar-refractivity contribution in [2.75, 3.05) is 11.9 Å². The molecule has 26 heavy (non-hydrogen) atoms. The third kappa shape index (κ3) is 3.70. The maximum absolute atomic E-state index is 12.6. The van der Waals surface area contributed by atoms with E-state index in [2.05, 4.69) is 5.32 Å². The van der Waals surface area contributed by atoms with Gasteiger partial charge in [-0.05, 0) is 43.2 Å². The summed E-state index contributed by atoms with van der Waals surface area (Å²) in [5.74, 6) is -0.139. The van der Waals surface area contributed by atoms with Crippen LogP contribution in [0, 0.1) is 0 Å². The zero-order chi connectivity index (χ0) is 18.5. The van der Waals surface area contributed by atoms with Crippen LogP contribution >= 0.6 is 0 Å². The van der Waals surface area contributed by atoms with Gasteiger partial charge in [-0.3, -0.25) is 13.9 Å². The van der Waals surface area contributed by atoms with E-state index in [1.165, 1.54) is 0 Å². The second kappa shape index (κ2) is 8.01. The van der Waals surface area contributed by atoms with Crippen LogP contribution in [-0.4, -0.2) is 26.8 Å². The Morgan fingerprint density at radius 2 is 1.69 bits per heavy atom. The Hall–Kier alpha value is -2.86. The molecule has 1 aromatic heterocycles. The van der Waals surface area contributed by atoms with Crippen molar-refractivity contribution in [1.82, 2.24) is 9.13 Å². The lowest BCUT2D eigenvalue weighted by Gasteiger charge is -2.07. The zero-order valence-corrected chi connectivity index (χ0v) is 14.8. The molecule has 6 heteroatoms. The first-order valence-electron chi connectivity index (χ1n) is 8.81. The summed E-state index contributed by atoms with van der Waals surface area (Å²) < 4.78 is 3.37. The van der Waals surface area contributed by atoms with Crippen LogP contribution in [-0.2, 0) is 24.3 Å². The van der Waals surface area contributed by atoms with Crippen LogP contribution in [0.25, 0.3) is 11.0 Å². The Morgan fingerprint density at radius 3 is 2.31 bits per heavy atom. The number of aromatic nitrogens is 2. The molecule has 0 spiro atoms. The number of carbonyl (C=O) groups is 1. The van der Waals surface area contributed by atoms with Gasteiger partial charge >= 0.3 is 5.69 Å². The Bertz CT molecular complexity index is 955. The Morgan fingerprint density at radius 1 is 1.04 bits per heavy atom. The second-order valence-electron chi connectivity index (χ2n) is 6.14. The van der Waals surface area contributed by atoms with E-state index < -0.39 is 0 Å². The van der Waals surface area contributed by atoms with Crippen molar-refractivity contribution in [2.24, 2.45) is 0 Å². The number of amides is 1. The number of aliphatic hydroxyl groups is 1. The van der Waals surface area contributed by atoms with Gasteiger partial charge in [-0.15, -0.1) is 0 Å². The summed E-state index contributed by atoms with van der Waals surface area (Å²) in [4.78, 5) is 24.8. The van der Waals surface area contributed by atoms with Crippen molar-refractivity contribution in [2.45, 2.75) is 32.9 Å². The van der Waals surface area contributed by atoms with Gasteiger partial charge in [-0.1, -0.05) is 24.3 Å². The highest BCUT2D eigenvalue weighted by atomic mass is 16.3. The van der Waals surface area contributed by atoms with Crippen LogP contribution in [0.1, 0.15) is 18.9 Å². The minimum Gasteiger partial charge on any atom is -0.396 e. The van der Waals surface area contributed by atoms with Gasteiger partial charge in [0, 0.05) is 31.8 Å². The summed E-state index contributed by atoms with van der Waals surface area (Å²) in [6.07, 6.45) is 0.814. The van der Waals surface area contributed by atoms with Crippen molar-refractivity contribution in [3.63, 3.8) is 0 Å². The summed E-state index contributed by atoms with van der Waals surface area (Å²) in [5.41, 5.74) is 3.37. The first-order chi connectivity index (χ1) is 12.6. The van der Waals surface area contributed by atoms with Crippen molar-refractivity contribution in [1.29, 1.82) is 0 Å². The monoisotopic (exact) mass is 353 g/mol. The van der Waals surface area contributed by atoms with Crippen molar-refractivity contribution in [3.8, 4) is 0 Å². The minimum atomic E-state index is -0.139. The predicted octanol–water partition coefficient (Wildman–Crippen LogP) is 2.39. The van der Waals surface area contributed by atoms with Gasteiger partial charge in [-0.2, -0.15) is 0 Å². The molecule has 1 heterocycles. The normalized spacial score (nSPS) is 11.0. The molecule has 3 rings (SSSR count). The second-order valence-corrected chi connectivity index (χ2v) is 6.14. The molecule has 0 radical (unpaired) electrons. The number of aliphatic hydroxyl groups excluding tert-OH is 1. The number of nitrogens with zero attached hydrogens (tertiary/aromatic N) is 2. The number of fused-ring (bicyclic) bond motifs is 1. The average Bonchev–Trinajstić information content (AvgIpc) is 2.92. The lowest BCUT2D eigenvalue weighted by molar-refractivity contribution is -0.116. The molecule has 2 aromatic carbocycles. The smallest absolute Gasteiger partial charge is 0.329 e. The van der Waals surface area contributed by atoms with Crippen LogP contribution in [0.5, 0.6) is 0 Å². The topological polar surface area (TPSA) is 76.3 Å². The molecule has 136 valence electrons. The highest BCUT2D eigenvalue weighted by Gasteiger charge is 2.12. The standard InChI is InChI=1S/C20H23N3O3/c1-2-22-17-5-3-4-6-18(17)23(20(22)26)13-11-19(25)21-16-9-7-15(8-10-16)12-14-24/h3-10,24H,2,11-14H2,1H3,(H,21,25). The number of anilines is 1. The fourth-order valence-corrected chi connectivity index (χ4v) is 3.11. The summed E-state index contributed by atoms with van der Waals surface area (Å²) in [6.45, 7) is 2.97. The minimum absolute atomic E-state index is 0.0881. The fourth-order valence-electron chi connectivity index (χ4n) is 3.11.